The predicted molar refractivity (Wildman–Crippen MR) is 353 cm³/mol. The van der Waals surface area contributed by atoms with E-state index >= 15 is 0 Å². The smallest absolute Gasteiger partial charge is 1.00 e. The molecule has 0 heterocycles. The first-order chi connectivity index (χ1) is 38.2. The second kappa shape index (κ2) is 44.6. The summed E-state index contributed by atoms with van der Waals surface area (Å²) < 4.78 is 0. The number of benzene rings is 9. The Kier molecular flexibility index (Phi) is 41.6. The van der Waals surface area contributed by atoms with E-state index in [0.717, 1.165) is 0 Å². The molecule has 0 aliphatic heterocycles. The number of hydrogen-bond donors (Lipinski definition) is 0. The second-order valence-electron chi connectivity index (χ2n) is 19.8. The van der Waals surface area contributed by atoms with Crippen LogP contribution in [-0.4, -0.2) is 58.5 Å². The molecule has 0 atom stereocenters. The number of hydrogen-bond acceptors (Lipinski definition) is 0. The molecule has 0 fully saturated rings. The Bertz CT molecular complexity index is 2870. The molecule has 0 saturated heterocycles. The van der Waals surface area contributed by atoms with Gasteiger partial charge in [0.25, 0.3) is 0 Å². The van der Waals surface area contributed by atoms with Crippen molar-refractivity contribution in [2.75, 3.05) is 58.5 Å². The van der Waals surface area contributed by atoms with Crippen molar-refractivity contribution in [3.05, 3.63) is 361 Å². The van der Waals surface area contributed by atoms with Gasteiger partial charge < -0.3 is 37.2 Å². The number of rotatable bonds is 12. The van der Waals surface area contributed by atoms with Gasteiger partial charge in [0, 0.05) is 0 Å². The van der Waals surface area contributed by atoms with Crippen molar-refractivity contribution in [2.24, 2.45) is 0 Å². The molecule has 84 heavy (non-hydrogen) atoms. The minimum absolute atomic E-state index is 0. The van der Waals surface area contributed by atoms with Crippen LogP contribution in [0.1, 0.15) is 33.4 Å². The van der Waals surface area contributed by atoms with Crippen molar-refractivity contribution in [3.8, 4) is 0 Å². The quantitative estimate of drug-likeness (QED) is 0.0845. The van der Waals surface area contributed by atoms with Gasteiger partial charge in [0.1, 0.15) is 0 Å². The SMILES string of the molecule is CP(C)C[C-](c1ccccc1)c1ccccc1.CP(C)C[C-](c1ccccc1)c1ccccc1.CP(C)C[C-](c1ccccc1)c1ccccc1.[Cl-].[Cl-].[Cl-].[Zr+2].[Zr+2].[Zr+2].c1ccc2[cH-]ccc2c1.c1ccc2[cH-]ccc2c1.c1ccc2[cH-]ccc2c1. The van der Waals surface area contributed by atoms with Crippen LogP contribution in [0.4, 0.5) is 0 Å². The van der Waals surface area contributed by atoms with Crippen LogP contribution in [0.25, 0.3) is 32.3 Å². The van der Waals surface area contributed by atoms with Gasteiger partial charge in [0.05, 0.1) is 0 Å². The van der Waals surface area contributed by atoms with Crippen LogP contribution in [-0.2, 0) is 78.6 Å². The van der Waals surface area contributed by atoms with Crippen LogP contribution in [0.3, 0.4) is 0 Å². The maximum absolute atomic E-state index is 2.33. The molecule has 0 amide bonds. The van der Waals surface area contributed by atoms with Gasteiger partial charge in [0.15, 0.2) is 0 Å². The van der Waals surface area contributed by atoms with Gasteiger partial charge in [-0.25, -0.2) is 0 Å². The van der Waals surface area contributed by atoms with Crippen LogP contribution >= 0.6 is 23.8 Å². The Morgan fingerprint density at radius 1 is 0.238 bits per heavy atom. The molecule has 0 unspecified atom stereocenters. The summed E-state index contributed by atoms with van der Waals surface area (Å²) in [5.74, 6) is 4.42. The van der Waals surface area contributed by atoms with Gasteiger partial charge in [-0.15, -0.1) is 237 Å². The summed E-state index contributed by atoms with van der Waals surface area (Å²) in [6.07, 6.45) is 3.55. The molecular weight excluding hydrogens is 1370 g/mol. The third kappa shape index (κ3) is 27.1. The van der Waals surface area contributed by atoms with Gasteiger partial charge in [-0.3, -0.25) is 0 Å². The first-order valence-electron chi connectivity index (χ1n) is 26.9. The summed E-state index contributed by atoms with van der Waals surface area (Å²) in [6.45, 7) is 14.0. The Labute approximate surface area is 584 Å². The van der Waals surface area contributed by atoms with E-state index in [1.807, 2.05) is 0 Å². The first kappa shape index (κ1) is 78.2. The first-order valence-corrected chi connectivity index (χ1v) is 34.1. The maximum Gasteiger partial charge on any atom is 2.00 e. The number of fused-ring (bicyclic) bond motifs is 3. The average Bonchev–Trinajstić information content (AvgIpc) is 4.39. The van der Waals surface area contributed by atoms with E-state index in [4.69, 9.17) is 0 Å². The average molecular weight is 1450 g/mol. The fourth-order valence-electron chi connectivity index (χ4n) is 9.04. The van der Waals surface area contributed by atoms with Gasteiger partial charge in [-0.2, -0.15) is 52.6 Å². The van der Waals surface area contributed by atoms with Crippen molar-refractivity contribution in [2.45, 2.75) is 0 Å². The molecule has 12 aromatic rings. The summed E-state index contributed by atoms with van der Waals surface area (Å²) in [7, 11) is 0.228. The molecule has 0 aliphatic rings. The third-order valence-electron chi connectivity index (χ3n) is 12.8. The van der Waals surface area contributed by atoms with E-state index in [0.29, 0.717) is 0 Å². The molecule has 0 aliphatic carbocycles. The van der Waals surface area contributed by atoms with Crippen LogP contribution in [0, 0.1) is 17.8 Å². The van der Waals surface area contributed by atoms with E-state index < -0.39 is 0 Å². The van der Waals surface area contributed by atoms with Gasteiger partial charge in [-0.05, 0) is 58.5 Å². The minimum atomic E-state index is 0. The third-order valence-corrected chi connectivity index (χ3v) is 15.6. The van der Waals surface area contributed by atoms with E-state index in [-0.39, 0.29) is 140 Å². The second-order valence-corrected chi connectivity index (χ2v) is 27.2. The van der Waals surface area contributed by atoms with Crippen LogP contribution < -0.4 is 37.2 Å². The zero-order chi connectivity index (χ0) is 54.6. The molecule has 0 nitrogen and oxygen atoms in total. The molecule has 12 rings (SSSR count). The zero-order valence-corrected chi connectivity index (χ0v) is 61.4. The van der Waals surface area contributed by atoms with Gasteiger partial charge in [-0.1, -0.05) is 127 Å². The monoisotopic (exact) mass is 1440 g/mol. The van der Waals surface area contributed by atoms with Crippen molar-refractivity contribution >= 4 is 56.1 Å². The van der Waals surface area contributed by atoms with Crippen molar-refractivity contribution < 1.29 is 116 Å². The summed E-state index contributed by atoms with van der Waals surface area (Å²) >= 11 is 0. The van der Waals surface area contributed by atoms with Gasteiger partial charge >= 0.3 is 78.6 Å². The fourth-order valence-corrected chi connectivity index (χ4v) is 12.0. The number of halogens is 3. The Morgan fingerprint density at radius 3 is 0.571 bits per heavy atom. The normalized spacial score (nSPS) is 9.68. The van der Waals surface area contributed by atoms with E-state index in [9.17, 15) is 0 Å². The molecule has 0 bridgehead atoms. The van der Waals surface area contributed by atoms with Crippen LogP contribution in [0.5, 0.6) is 0 Å². The summed E-state index contributed by atoms with van der Waals surface area (Å²) in [5.41, 5.74) is 8.14. The van der Waals surface area contributed by atoms with E-state index in [1.165, 1.54) is 102 Å². The van der Waals surface area contributed by atoms with E-state index in [2.05, 4.69) is 349 Å². The molecule has 9 heteroatoms. The predicted octanol–water partition coefficient (Wildman–Crippen LogP) is 11.9. The minimum Gasteiger partial charge on any atom is -1.00 e. The largest absolute Gasteiger partial charge is 2.00 e. The Hall–Kier alpha value is -3.77. The van der Waals surface area contributed by atoms with Gasteiger partial charge in [0.2, 0.25) is 0 Å². The molecule has 12 aromatic carbocycles. The Balaban J connectivity index is 0.000000507. The molecule has 426 valence electrons. The fraction of sp³-hybridized carbons (Fsp3) is 0.120. The van der Waals surface area contributed by atoms with E-state index in [1.54, 1.807) is 0 Å². The Morgan fingerprint density at radius 2 is 0.405 bits per heavy atom. The topological polar surface area (TPSA) is 0 Å². The maximum atomic E-state index is 2.33. The summed E-state index contributed by atoms with van der Waals surface area (Å²) in [5, 5.41) is 7.99. The van der Waals surface area contributed by atoms with Crippen LogP contribution in [0.15, 0.2) is 309 Å². The molecule has 0 spiro atoms. The molecule has 0 N–H and O–H groups in total. The molecule has 0 radical (unpaired) electrons. The van der Waals surface area contributed by atoms with Crippen molar-refractivity contribution in [1.29, 1.82) is 0 Å². The van der Waals surface area contributed by atoms with Crippen LogP contribution in [0.2, 0.25) is 0 Å². The standard InChI is InChI=1S/3C16H18P.3C9H7.3ClH.3Zr/c3*1-17(2)13-16(14-9-5-3-6-10-14)15-11-7-4-8-12-15;3*1-2-5-9-7-3-6-8(9)4-1;;;;;;/h3*3-12H,13H2,1-2H3;3*1-7H;3*1H;;;/q6*-1;;;;3*+2/p-3. The molecule has 0 aromatic heterocycles. The zero-order valence-electron chi connectivity index (χ0n) is 49.0. The summed E-state index contributed by atoms with van der Waals surface area (Å²) in [4.78, 5) is 0. The van der Waals surface area contributed by atoms with Crippen molar-refractivity contribution in [1.82, 2.24) is 0 Å². The molecular formula is C75H75Cl3P3Zr3-3. The van der Waals surface area contributed by atoms with Crippen molar-refractivity contribution in [3.63, 3.8) is 0 Å². The summed E-state index contributed by atoms with van der Waals surface area (Å²) in [6, 6.07) is 108. The molecule has 0 saturated carbocycles.